The van der Waals surface area contributed by atoms with Gasteiger partial charge in [-0.25, -0.2) is 0 Å². The summed E-state index contributed by atoms with van der Waals surface area (Å²) in [6.07, 6.45) is 4.37. The van der Waals surface area contributed by atoms with Crippen LogP contribution >= 0.6 is 12.4 Å². The molecule has 0 atom stereocenters. The Morgan fingerprint density at radius 2 is 2.00 bits per heavy atom. The maximum Gasteiger partial charge on any atom is 0.179 e. The molecule has 0 saturated carbocycles. The summed E-state index contributed by atoms with van der Waals surface area (Å²) in [6.45, 7) is 1.75. The first-order valence-corrected chi connectivity index (χ1v) is 2.69. The van der Waals surface area contributed by atoms with Gasteiger partial charge in [0, 0.05) is 0 Å². The number of hydrogen-bond donors (Lipinski definition) is 1. The molecule has 0 aliphatic heterocycles. The number of allylic oxidation sites excluding steroid dienone is 4. The van der Waals surface area contributed by atoms with Gasteiger partial charge < -0.3 is 5.41 Å². The van der Waals surface area contributed by atoms with Gasteiger partial charge in [0.1, 0.15) is 0 Å². The minimum absolute atomic E-state index is 0. The number of carbonyl (C=O) groups excluding carboxylic acids is 1. The van der Waals surface area contributed by atoms with E-state index in [0.29, 0.717) is 5.71 Å². The predicted molar refractivity (Wildman–Crippen MR) is 42.9 cm³/mol. The van der Waals surface area contributed by atoms with Gasteiger partial charge in [-0.3, -0.25) is 4.79 Å². The van der Waals surface area contributed by atoms with E-state index in [9.17, 15) is 4.79 Å². The Kier molecular flexibility index (Phi) is 3.03. The van der Waals surface area contributed by atoms with Crippen LogP contribution in [0, 0.1) is 5.41 Å². The zero-order valence-corrected chi connectivity index (χ0v) is 6.37. The molecule has 0 radical (unpaired) electrons. The number of rotatable bonds is 0. The number of carbonyl (C=O) groups is 1. The van der Waals surface area contributed by atoms with Gasteiger partial charge >= 0.3 is 0 Å². The highest BCUT2D eigenvalue weighted by Gasteiger charge is 2.03. The molecule has 0 aromatic rings. The number of ketones is 1. The molecule has 2 nitrogen and oxygen atoms in total. The monoisotopic (exact) mass is 157 g/mol. The molecule has 0 aromatic heterocycles. The van der Waals surface area contributed by atoms with Crippen molar-refractivity contribution in [3.05, 3.63) is 23.8 Å². The molecule has 0 amide bonds. The standard InChI is InChI=1S/C7H7NO.ClH/c1-5-4-6(9)2-3-7(5)8;/h2-4,8H,1H3;1H. The summed E-state index contributed by atoms with van der Waals surface area (Å²) in [6, 6.07) is 0. The maximum absolute atomic E-state index is 10.6. The second-order valence-corrected chi connectivity index (χ2v) is 1.98. The topological polar surface area (TPSA) is 40.9 Å². The van der Waals surface area contributed by atoms with Gasteiger partial charge in [0.25, 0.3) is 0 Å². The highest BCUT2D eigenvalue weighted by molar-refractivity contribution is 6.18. The van der Waals surface area contributed by atoms with E-state index in [1.807, 2.05) is 0 Å². The van der Waals surface area contributed by atoms with Gasteiger partial charge in [-0.2, -0.15) is 0 Å². The van der Waals surface area contributed by atoms with Crippen molar-refractivity contribution in [3.63, 3.8) is 0 Å². The lowest BCUT2D eigenvalue weighted by Crippen LogP contribution is -2.03. The van der Waals surface area contributed by atoms with Gasteiger partial charge in [0.05, 0.1) is 5.71 Å². The zero-order valence-electron chi connectivity index (χ0n) is 5.55. The Bertz CT molecular complexity index is 228. The molecular weight excluding hydrogens is 150 g/mol. The van der Waals surface area contributed by atoms with Gasteiger partial charge in [-0.1, -0.05) is 0 Å². The van der Waals surface area contributed by atoms with E-state index in [1.165, 1.54) is 18.2 Å². The summed E-state index contributed by atoms with van der Waals surface area (Å²) in [5.74, 6) is -0.0245. The molecule has 0 unspecified atom stereocenters. The first kappa shape index (κ1) is 9.11. The van der Waals surface area contributed by atoms with E-state index in [2.05, 4.69) is 0 Å². The second kappa shape index (κ2) is 3.32. The SMILES string of the molecule is CC1=CC(=O)C=CC1=N.Cl. The molecule has 54 valence electrons. The third-order valence-electron chi connectivity index (χ3n) is 1.20. The Morgan fingerprint density at radius 1 is 1.40 bits per heavy atom. The van der Waals surface area contributed by atoms with Crippen molar-refractivity contribution in [1.82, 2.24) is 0 Å². The summed E-state index contributed by atoms with van der Waals surface area (Å²) < 4.78 is 0. The molecule has 1 N–H and O–H groups in total. The molecule has 1 aliphatic carbocycles. The first-order chi connectivity index (χ1) is 4.20. The Labute approximate surface area is 65.5 Å². The van der Waals surface area contributed by atoms with Crippen LogP contribution in [0.15, 0.2) is 23.8 Å². The molecule has 0 saturated heterocycles. The average Bonchev–Trinajstić information content (AvgIpc) is 1.80. The van der Waals surface area contributed by atoms with Crippen molar-refractivity contribution in [2.24, 2.45) is 0 Å². The minimum atomic E-state index is -0.0245. The quantitative estimate of drug-likeness (QED) is 0.532. The molecule has 0 aromatic carbocycles. The first-order valence-electron chi connectivity index (χ1n) is 2.69. The third-order valence-corrected chi connectivity index (χ3v) is 1.20. The van der Waals surface area contributed by atoms with E-state index in [1.54, 1.807) is 6.92 Å². The lowest BCUT2D eigenvalue weighted by Gasteiger charge is -2.00. The Balaban J connectivity index is 0.000000810. The molecule has 1 rings (SSSR count). The maximum atomic E-state index is 10.6. The number of hydrogen-bond acceptors (Lipinski definition) is 2. The minimum Gasteiger partial charge on any atom is -0.301 e. The Hall–Kier alpha value is -0.890. The van der Waals surface area contributed by atoms with E-state index in [0.717, 1.165) is 5.57 Å². The van der Waals surface area contributed by atoms with Crippen molar-refractivity contribution in [2.75, 3.05) is 0 Å². The third kappa shape index (κ3) is 1.81. The van der Waals surface area contributed by atoms with Crippen LogP contribution in [0.25, 0.3) is 0 Å². The van der Waals surface area contributed by atoms with Gasteiger partial charge in [0.15, 0.2) is 5.78 Å². The average molecular weight is 158 g/mol. The van der Waals surface area contributed by atoms with Crippen LogP contribution < -0.4 is 0 Å². The summed E-state index contributed by atoms with van der Waals surface area (Å²) >= 11 is 0. The number of nitrogens with one attached hydrogen (secondary N) is 1. The summed E-state index contributed by atoms with van der Waals surface area (Å²) in [5.41, 5.74) is 1.16. The summed E-state index contributed by atoms with van der Waals surface area (Å²) in [5, 5.41) is 7.18. The molecular formula is C7H8ClNO. The van der Waals surface area contributed by atoms with Gasteiger partial charge in [0.2, 0.25) is 0 Å². The van der Waals surface area contributed by atoms with E-state index >= 15 is 0 Å². The molecule has 0 bridgehead atoms. The zero-order chi connectivity index (χ0) is 6.85. The van der Waals surface area contributed by atoms with Crippen LogP contribution in [0.2, 0.25) is 0 Å². The van der Waals surface area contributed by atoms with Crippen molar-refractivity contribution in [1.29, 1.82) is 5.41 Å². The fraction of sp³-hybridized carbons (Fsp3) is 0.143. The van der Waals surface area contributed by atoms with Crippen LogP contribution in [-0.2, 0) is 4.79 Å². The molecule has 0 fully saturated rings. The second-order valence-electron chi connectivity index (χ2n) is 1.98. The van der Waals surface area contributed by atoms with Crippen LogP contribution in [0.4, 0.5) is 0 Å². The predicted octanol–water partition coefficient (Wildman–Crippen LogP) is 1.51. The smallest absolute Gasteiger partial charge is 0.179 e. The fourth-order valence-corrected chi connectivity index (χ4v) is 0.636. The Morgan fingerprint density at radius 3 is 2.40 bits per heavy atom. The van der Waals surface area contributed by atoms with Gasteiger partial charge in [-0.05, 0) is 30.7 Å². The summed E-state index contributed by atoms with van der Waals surface area (Å²) in [4.78, 5) is 10.6. The normalized spacial score (nSPS) is 16.3. The molecule has 0 heterocycles. The summed E-state index contributed by atoms with van der Waals surface area (Å²) in [7, 11) is 0. The number of halogens is 1. The van der Waals surface area contributed by atoms with Gasteiger partial charge in [-0.15, -0.1) is 12.4 Å². The van der Waals surface area contributed by atoms with E-state index in [4.69, 9.17) is 5.41 Å². The largest absolute Gasteiger partial charge is 0.301 e. The van der Waals surface area contributed by atoms with Crippen LogP contribution in [0.1, 0.15) is 6.92 Å². The van der Waals surface area contributed by atoms with Crippen LogP contribution in [0.5, 0.6) is 0 Å². The molecule has 10 heavy (non-hydrogen) atoms. The lowest BCUT2D eigenvalue weighted by molar-refractivity contribution is -0.110. The highest BCUT2D eigenvalue weighted by Crippen LogP contribution is 2.02. The van der Waals surface area contributed by atoms with Crippen molar-refractivity contribution in [2.45, 2.75) is 6.92 Å². The fourth-order valence-electron chi connectivity index (χ4n) is 0.636. The van der Waals surface area contributed by atoms with Crippen molar-refractivity contribution >= 4 is 23.9 Å². The van der Waals surface area contributed by atoms with Crippen LogP contribution in [0.3, 0.4) is 0 Å². The molecule has 1 aliphatic rings. The van der Waals surface area contributed by atoms with E-state index < -0.39 is 0 Å². The highest BCUT2D eigenvalue weighted by atomic mass is 35.5. The van der Waals surface area contributed by atoms with Crippen molar-refractivity contribution in [3.8, 4) is 0 Å². The van der Waals surface area contributed by atoms with Crippen molar-refractivity contribution < 1.29 is 4.79 Å². The van der Waals surface area contributed by atoms with E-state index in [-0.39, 0.29) is 18.2 Å². The van der Waals surface area contributed by atoms with Crippen LogP contribution in [-0.4, -0.2) is 11.5 Å². The molecule has 0 spiro atoms. The molecule has 3 heteroatoms. The lowest BCUT2D eigenvalue weighted by atomic mass is 10.1.